The zero-order valence-corrected chi connectivity index (χ0v) is 17.1. The number of benzene rings is 1. The molecule has 0 radical (unpaired) electrons. The number of aromatic amines is 1. The maximum absolute atomic E-state index is 6.53. The minimum atomic E-state index is -0.184. The standard InChI is InChI=1S/C22H18ClN5O3/c23-14-10-15-21(28-22(26-15)31-17-11-30-16-6-9-29-19(16)17)27-18(14)12-2-4-13(5-3-12)20-24-7-1-8-25-20/h1-5,7-8,10,16-17,19H,6,9,11H2,(H,26,27,28). The fraction of sp³-hybridized carbons (Fsp3) is 0.273. The summed E-state index contributed by atoms with van der Waals surface area (Å²) in [4.78, 5) is 20.9. The van der Waals surface area contributed by atoms with E-state index in [1.165, 1.54) is 0 Å². The lowest BCUT2D eigenvalue weighted by Crippen LogP contribution is -2.32. The summed E-state index contributed by atoms with van der Waals surface area (Å²) in [5.74, 6) is 0.669. The number of hydrogen-bond acceptors (Lipinski definition) is 7. The first-order valence-corrected chi connectivity index (χ1v) is 10.5. The molecule has 0 spiro atoms. The van der Waals surface area contributed by atoms with E-state index in [0.29, 0.717) is 46.9 Å². The lowest BCUT2D eigenvalue weighted by Gasteiger charge is -2.15. The largest absolute Gasteiger partial charge is 0.456 e. The Hall–Kier alpha value is -3.07. The molecule has 3 unspecified atom stereocenters. The molecule has 0 bridgehead atoms. The second kappa shape index (κ2) is 7.56. The van der Waals surface area contributed by atoms with Gasteiger partial charge in [0, 0.05) is 30.1 Å². The quantitative estimate of drug-likeness (QED) is 0.522. The molecule has 156 valence electrons. The summed E-state index contributed by atoms with van der Waals surface area (Å²) in [6.07, 6.45) is 4.22. The van der Waals surface area contributed by atoms with E-state index in [4.69, 9.17) is 25.8 Å². The third-order valence-corrected chi connectivity index (χ3v) is 5.86. The van der Waals surface area contributed by atoms with Gasteiger partial charge in [0.25, 0.3) is 6.01 Å². The number of ether oxygens (including phenoxy) is 3. The number of pyridine rings is 1. The monoisotopic (exact) mass is 435 g/mol. The van der Waals surface area contributed by atoms with Crippen LogP contribution in [0.3, 0.4) is 0 Å². The number of halogens is 1. The van der Waals surface area contributed by atoms with Gasteiger partial charge in [-0.25, -0.2) is 15.0 Å². The van der Waals surface area contributed by atoms with Gasteiger partial charge < -0.3 is 19.2 Å². The molecule has 2 saturated heterocycles. The van der Waals surface area contributed by atoms with Crippen LogP contribution in [0.25, 0.3) is 33.8 Å². The second-order valence-corrected chi connectivity index (χ2v) is 7.94. The van der Waals surface area contributed by atoms with Crippen LogP contribution in [0, 0.1) is 0 Å². The Bertz CT molecular complexity index is 1230. The van der Waals surface area contributed by atoms with Crippen molar-refractivity contribution in [3.05, 3.63) is 53.8 Å². The van der Waals surface area contributed by atoms with Gasteiger partial charge in [0.1, 0.15) is 6.10 Å². The number of fused-ring (bicyclic) bond motifs is 2. The van der Waals surface area contributed by atoms with E-state index in [1.807, 2.05) is 30.3 Å². The molecule has 2 fully saturated rings. The highest BCUT2D eigenvalue weighted by molar-refractivity contribution is 6.33. The van der Waals surface area contributed by atoms with Gasteiger partial charge in [-0.3, -0.25) is 0 Å². The van der Waals surface area contributed by atoms with E-state index < -0.39 is 0 Å². The van der Waals surface area contributed by atoms with Crippen LogP contribution >= 0.6 is 11.6 Å². The second-order valence-electron chi connectivity index (χ2n) is 7.53. The molecule has 5 heterocycles. The molecule has 0 saturated carbocycles. The van der Waals surface area contributed by atoms with Crippen molar-refractivity contribution in [3.8, 4) is 28.7 Å². The Morgan fingerprint density at radius 3 is 2.68 bits per heavy atom. The Balaban J connectivity index is 1.28. The third-order valence-electron chi connectivity index (χ3n) is 5.57. The lowest BCUT2D eigenvalue weighted by molar-refractivity contribution is 0.0273. The van der Waals surface area contributed by atoms with Gasteiger partial charge in [0.05, 0.1) is 28.9 Å². The van der Waals surface area contributed by atoms with Crippen LogP contribution in [0.1, 0.15) is 6.42 Å². The third kappa shape index (κ3) is 3.42. The van der Waals surface area contributed by atoms with Crippen molar-refractivity contribution < 1.29 is 14.2 Å². The van der Waals surface area contributed by atoms with Crippen molar-refractivity contribution in [3.63, 3.8) is 0 Å². The molecule has 0 amide bonds. The molecule has 6 rings (SSSR count). The predicted octanol–water partition coefficient (Wildman–Crippen LogP) is 3.67. The van der Waals surface area contributed by atoms with Gasteiger partial charge in [-0.1, -0.05) is 35.9 Å². The number of aromatic nitrogens is 5. The Labute approximate surface area is 182 Å². The zero-order chi connectivity index (χ0) is 20.8. The average Bonchev–Trinajstić information content (AvgIpc) is 3.51. The SMILES string of the molecule is Clc1cc2[nH]c(OC3COC4CCOC43)nc2nc1-c1ccc(-c2ncccn2)cc1. The predicted molar refractivity (Wildman–Crippen MR) is 114 cm³/mol. The number of rotatable bonds is 4. The molecule has 4 aromatic rings. The first kappa shape index (κ1) is 18.7. The van der Waals surface area contributed by atoms with Gasteiger partial charge in [0.2, 0.25) is 0 Å². The van der Waals surface area contributed by atoms with Crippen molar-refractivity contribution in [2.24, 2.45) is 0 Å². The molecule has 2 aliphatic rings. The van der Waals surface area contributed by atoms with Crippen LogP contribution < -0.4 is 4.74 Å². The van der Waals surface area contributed by atoms with Crippen LogP contribution in [0.2, 0.25) is 5.02 Å². The molecular weight excluding hydrogens is 418 g/mol. The highest BCUT2D eigenvalue weighted by Gasteiger charge is 2.43. The summed E-state index contributed by atoms with van der Waals surface area (Å²) in [5, 5.41) is 0.523. The highest BCUT2D eigenvalue weighted by atomic mass is 35.5. The summed E-state index contributed by atoms with van der Waals surface area (Å²) in [6.45, 7) is 1.19. The molecule has 9 heteroatoms. The maximum Gasteiger partial charge on any atom is 0.296 e. The van der Waals surface area contributed by atoms with E-state index in [2.05, 4.69) is 24.9 Å². The van der Waals surface area contributed by atoms with Crippen molar-refractivity contribution in [1.82, 2.24) is 24.9 Å². The van der Waals surface area contributed by atoms with Crippen molar-refractivity contribution >= 4 is 22.8 Å². The molecule has 3 atom stereocenters. The molecule has 31 heavy (non-hydrogen) atoms. The molecule has 1 aromatic carbocycles. The fourth-order valence-electron chi connectivity index (χ4n) is 4.05. The van der Waals surface area contributed by atoms with Gasteiger partial charge >= 0.3 is 0 Å². The van der Waals surface area contributed by atoms with Gasteiger partial charge in [-0.2, -0.15) is 4.98 Å². The number of nitrogens with one attached hydrogen (secondary N) is 1. The summed E-state index contributed by atoms with van der Waals surface area (Å²) >= 11 is 6.53. The summed E-state index contributed by atoms with van der Waals surface area (Å²) in [6, 6.07) is 11.8. The fourth-order valence-corrected chi connectivity index (χ4v) is 4.31. The molecule has 3 aromatic heterocycles. The molecule has 8 nitrogen and oxygen atoms in total. The topological polar surface area (TPSA) is 95.0 Å². The Kier molecular flexibility index (Phi) is 4.56. The summed E-state index contributed by atoms with van der Waals surface area (Å²) in [5.41, 5.74) is 3.69. The van der Waals surface area contributed by atoms with Crippen LogP contribution in [0.5, 0.6) is 6.01 Å². The Morgan fingerprint density at radius 1 is 1.03 bits per heavy atom. The van der Waals surface area contributed by atoms with Crippen LogP contribution in [-0.2, 0) is 9.47 Å². The van der Waals surface area contributed by atoms with E-state index in [1.54, 1.807) is 18.5 Å². The van der Waals surface area contributed by atoms with Crippen molar-refractivity contribution in [2.75, 3.05) is 13.2 Å². The van der Waals surface area contributed by atoms with Crippen LogP contribution in [-0.4, -0.2) is 56.4 Å². The maximum atomic E-state index is 6.53. The average molecular weight is 436 g/mol. The number of H-pyrrole nitrogens is 1. The van der Waals surface area contributed by atoms with E-state index in [-0.39, 0.29) is 18.3 Å². The summed E-state index contributed by atoms with van der Waals surface area (Å²) in [7, 11) is 0. The minimum Gasteiger partial charge on any atom is -0.456 e. The zero-order valence-electron chi connectivity index (χ0n) is 16.4. The van der Waals surface area contributed by atoms with Gasteiger partial charge in [-0.05, 0) is 18.6 Å². The van der Waals surface area contributed by atoms with Crippen LogP contribution in [0.15, 0.2) is 48.8 Å². The first-order valence-electron chi connectivity index (χ1n) is 10.1. The normalized spacial score (nSPS) is 22.7. The molecule has 1 N–H and O–H groups in total. The van der Waals surface area contributed by atoms with E-state index >= 15 is 0 Å². The smallest absolute Gasteiger partial charge is 0.296 e. The number of nitrogens with zero attached hydrogens (tertiary/aromatic N) is 4. The number of imidazole rings is 1. The molecule has 0 aliphatic carbocycles. The first-order chi connectivity index (χ1) is 15.2. The van der Waals surface area contributed by atoms with Crippen molar-refractivity contribution in [1.29, 1.82) is 0 Å². The molecular formula is C22H18ClN5O3. The number of hydrogen-bond donors (Lipinski definition) is 1. The minimum absolute atomic E-state index is 0.0487. The highest BCUT2D eigenvalue weighted by Crippen LogP contribution is 2.32. The van der Waals surface area contributed by atoms with E-state index in [0.717, 1.165) is 17.5 Å². The van der Waals surface area contributed by atoms with Gasteiger partial charge in [-0.15, -0.1) is 0 Å². The Morgan fingerprint density at radius 2 is 1.84 bits per heavy atom. The lowest BCUT2D eigenvalue weighted by atomic mass is 10.1. The summed E-state index contributed by atoms with van der Waals surface area (Å²) < 4.78 is 17.5. The van der Waals surface area contributed by atoms with Crippen LogP contribution in [0.4, 0.5) is 0 Å². The van der Waals surface area contributed by atoms with Crippen molar-refractivity contribution in [2.45, 2.75) is 24.7 Å². The van der Waals surface area contributed by atoms with Gasteiger partial charge in [0.15, 0.2) is 17.6 Å². The molecule has 2 aliphatic heterocycles. The van der Waals surface area contributed by atoms with E-state index in [9.17, 15) is 0 Å².